The highest BCUT2D eigenvalue weighted by Gasteiger charge is 2.54. The fourth-order valence-corrected chi connectivity index (χ4v) is 2.81. The monoisotopic (exact) mass is 319 g/mol. The average Bonchev–Trinajstić information content (AvgIpc) is 2.85. The third-order valence-corrected chi connectivity index (χ3v) is 4.33. The maximum Gasteiger partial charge on any atom is 0.417 e. The van der Waals surface area contributed by atoms with Gasteiger partial charge in [0.25, 0.3) is 0 Å². The number of alkyl halides is 3. The lowest BCUT2D eigenvalue weighted by atomic mass is 9.90. The topological polar surface area (TPSA) is 41.3 Å². The molecule has 1 N–H and O–H groups in total. The maximum atomic E-state index is 12.7. The van der Waals surface area contributed by atoms with Crippen molar-refractivity contribution >= 4 is 0 Å². The first kappa shape index (κ1) is 17.3. The highest BCUT2D eigenvalue weighted by molar-refractivity contribution is 4.99. The van der Waals surface area contributed by atoms with Crippen molar-refractivity contribution in [2.45, 2.75) is 57.3 Å². The fraction of sp³-hybridized carbons (Fsp3) is 0.800. The minimum absolute atomic E-state index is 0.219. The minimum Gasteiger partial charge on any atom is -0.380 e. The van der Waals surface area contributed by atoms with Crippen molar-refractivity contribution in [3.05, 3.63) is 18.0 Å². The molecule has 2 heterocycles. The molecular formula is C15H24F3N3O. The number of rotatable bonds is 6. The number of hydrogen-bond acceptors (Lipinski definition) is 3. The van der Waals surface area contributed by atoms with Crippen molar-refractivity contribution in [3.63, 3.8) is 0 Å². The molecule has 0 unspecified atom stereocenters. The summed E-state index contributed by atoms with van der Waals surface area (Å²) in [4.78, 5) is 2.01. The summed E-state index contributed by atoms with van der Waals surface area (Å²) in [7, 11) is 0. The van der Waals surface area contributed by atoms with E-state index in [-0.39, 0.29) is 12.8 Å². The van der Waals surface area contributed by atoms with Crippen LogP contribution in [0.2, 0.25) is 0 Å². The molecule has 0 atom stereocenters. The predicted octanol–water partition coefficient (Wildman–Crippen LogP) is 2.75. The summed E-state index contributed by atoms with van der Waals surface area (Å²) >= 11 is 0. The van der Waals surface area contributed by atoms with Gasteiger partial charge in [-0.15, -0.1) is 0 Å². The number of unbranched alkanes of at least 4 members (excludes halogenated alkanes) is 2. The van der Waals surface area contributed by atoms with Gasteiger partial charge in [0, 0.05) is 25.8 Å². The Morgan fingerprint density at radius 3 is 2.36 bits per heavy atom. The van der Waals surface area contributed by atoms with E-state index in [1.165, 1.54) is 0 Å². The molecule has 1 aliphatic rings. The van der Waals surface area contributed by atoms with E-state index in [0.29, 0.717) is 13.1 Å². The van der Waals surface area contributed by atoms with Crippen LogP contribution in [0.1, 0.15) is 37.7 Å². The third-order valence-electron chi connectivity index (χ3n) is 4.33. The number of aliphatic hydroxyl groups is 1. The van der Waals surface area contributed by atoms with Gasteiger partial charge in [-0.2, -0.15) is 18.3 Å². The summed E-state index contributed by atoms with van der Waals surface area (Å²) in [6.07, 6.45) is 1.89. The molecule has 0 bridgehead atoms. The zero-order valence-electron chi connectivity index (χ0n) is 12.9. The fourth-order valence-electron chi connectivity index (χ4n) is 2.81. The van der Waals surface area contributed by atoms with Crippen LogP contribution in [0.15, 0.2) is 12.4 Å². The first-order chi connectivity index (χ1) is 10.3. The van der Waals surface area contributed by atoms with Crippen molar-refractivity contribution < 1.29 is 18.3 Å². The lowest BCUT2D eigenvalue weighted by Gasteiger charge is -2.39. The van der Waals surface area contributed by atoms with E-state index in [4.69, 9.17) is 0 Å². The average molecular weight is 319 g/mol. The highest BCUT2D eigenvalue weighted by Crippen LogP contribution is 2.38. The first-order valence-corrected chi connectivity index (χ1v) is 7.81. The van der Waals surface area contributed by atoms with Crippen molar-refractivity contribution in [1.82, 2.24) is 14.7 Å². The Morgan fingerprint density at radius 2 is 1.82 bits per heavy atom. The van der Waals surface area contributed by atoms with Crippen LogP contribution in [0, 0.1) is 6.92 Å². The van der Waals surface area contributed by atoms with E-state index < -0.39 is 11.8 Å². The lowest BCUT2D eigenvalue weighted by molar-refractivity contribution is -0.272. The largest absolute Gasteiger partial charge is 0.417 e. The summed E-state index contributed by atoms with van der Waals surface area (Å²) in [5.74, 6) is 0. The van der Waals surface area contributed by atoms with Gasteiger partial charge in [0.15, 0.2) is 5.60 Å². The SMILES string of the molecule is Cc1cnn(CCCCCN2CCC(O)(C(F)(F)F)CC2)c1. The van der Waals surface area contributed by atoms with Gasteiger partial charge in [-0.05, 0) is 44.7 Å². The van der Waals surface area contributed by atoms with Crippen LogP contribution < -0.4 is 0 Å². The zero-order chi connectivity index (χ0) is 16.2. The summed E-state index contributed by atoms with van der Waals surface area (Å²) < 4.78 is 40.0. The van der Waals surface area contributed by atoms with Crippen molar-refractivity contribution in [2.75, 3.05) is 19.6 Å². The lowest BCUT2D eigenvalue weighted by Crippen LogP contribution is -2.53. The van der Waals surface area contributed by atoms with Crippen LogP contribution >= 0.6 is 0 Å². The molecule has 2 rings (SSSR count). The Bertz CT molecular complexity index is 465. The van der Waals surface area contributed by atoms with Gasteiger partial charge in [0.1, 0.15) is 0 Å². The molecule has 0 spiro atoms. The second kappa shape index (κ2) is 7.00. The van der Waals surface area contributed by atoms with Crippen LogP contribution in [0.5, 0.6) is 0 Å². The molecule has 0 aliphatic carbocycles. The molecule has 1 saturated heterocycles. The normalized spacial score (nSPS) is 19.5. The van der Waals surface area contributed by atoms with E-state index in [2.05, 4.69) is 5.10 Å². The Kier molecular flexibility index (Phi) is 5.50. The number of aromatic nitrogens is 2. The van der Waals surface area contributed by atoms with Gasteiger partial charge in [-0.1, -0.05) is 6.42 Å². The van der Waals surface area contributed by atoms with Gasteiger partial charge in [-0.3, -0.25) is 4.68 Å². The Morgan fingerprint density at radius 1 is 1.18 bits per heavy atom. The first-order valence-electron chi connectivity index (χ1n) is 7.81. The molecule has 1 aromatic rings. The highest BCUT2D eigenvalue weighted by atomic mass is 19.4. The predicted molar refractivity (Wildman–Crippen MR) is 77.5 cm³/mol. The summed E-state index contributed by atoms with van der Waals surface area (Å²) in [5.41, 5.74) is -1.34. The molecule has 7 heteroatoms. The van der Waals surface area contributed by atoms with Gasteiger partial charge >= 0.3 is 6.18 Å². The molecule has 22 heavy (non-hydrogen) atoms. The standard InChI is InChI=1S/C15H24F3N3O/c1-13-11-19-21(12-13)8-4-2-3-7-20-9-5-14(22,6-10-20)15(16,17)18/h11-12,22H,2-10H2,1H3. The van der Waals surface area contributed by atoms with E-state index in [1.54, 1.807) is 0 Å². The van der Waals surface area contributed by atoms with E-state index >= 15 is 0 Å². The number of aryl methyl sites for hydroxylation is 2. The van der Waals surface area contributed by atoms with Crippen LogP contribution in [0.25, 0.3) is 0 Å². The maximum absolute atomic E-state index is 12.7. The van der Waals surface area contributed by atoms with Crippen LogP contribution in [0.4, 0.5) is 13.2 Å². The summed E-state index contributed by atoms with van der Waals surface area (Å²) in [6, 6.07) is 0. The zero-order valence-corrected chi connectivity index (χ0v) is 12.9. The third kappa shape index (κ3) is 4.46. The van der Waals surface area contributed by atoms with Gasteiger partial charge in [-0.25, -0.2) is 0 Å². The second-order valence-corrected chi connectivity index (χ2v) is 6.21. The Labute approximate surface area is 128 Å². The Hall–Kier alpha value is -1.08. The Balaban J connectivity index is 1.59. The molecule has 1 aliphatic heterocycles. The van der Waals surface area contributed by atoms with Gasteiger partial charge < -0.3 is 10.0 Å². The summed E-state index contributed by atoms with van der Waals surface area (Å²) in [5, 5.41) is 13.8. The van der Waals surface area contributed by atoms with Crippen LogP contribution in [-0.2, 0) is 6.54 Å². The second-order valence-electron chi connectivity index (χ2n) is 6.21. The molecular weight excluding hydrogens is 295 g/mol. The smallest absolute Gasteiger partial charge is 0.380 e. The number of nitrogens with zero attached hydrogens (tertiary/aromatic N) is 3. The minimum atomic E-state index is -4.51. The van der Waals surface area contributed by atoms with Gasteiger partial charge in [0.05, 0.1) is 6.20 Å². The molecule has 4 nitrogen and oxygen atoms in total. The molecule has 0 saturated carbocycles. The number of likely N-dealkylation sites (tertiary alicyclic amines) is 1. The summed E-state index contributed by atoms with van der Waals surface area (Å²) in [6.45, 7) is 4.30. The van der Waals surface area contributed by atoms with Crippen LogP contribution in [0.3, 0.4) is 0 Å². The van der Waals surface area contributed by atoms with E-state index in [1.807, 2.05) is 28.9 Å². The molecule has 1 aromatic heterocycles. The molecule has 1 fully saturated rings. The molecule has 0 amide bonds. The number of hydrogen-bond donors (Lipinski definition) is 1. The van der Waals surface area contributed by atoms with Crippen molar-refractivity contribution in [2.24, 2.45) is 0 Å². The van der Waals surface area contributed by atoms with Crippen molar-refractivity contribution in [3.8, 4) is 0 Å². The number of piperidine rings is 1. The molecule has 0 aromatic carbocycles. The molecule has 126 valence electrons. The van der Waals surface area contributed by atoms with Gasteiger partial charge in [0.2, 0.25) is 0 Å². The molecule has 0 radical (unpaired) electrons. The van der Waals surface area contributed by atoms with E-state index in [9.17, 15) is 18.3 Å². The quantitative estimate of drug-likeness (QED) is 0.820. The van der Waals surface area contributed by atoms with E-state index in [0.717, 1.165) is 37.9 Å². The van der Waals surface area contributed by atoms with Crippen LogP contribution in [-0.4, -0.2) is 51.2 Å². The van der Waals surface area contributed by atoms with Crippen molar-refractivity contribution in [1.29, 1.82) is 0 Å². The number of halogens is 3.